The highest BCUT2D eigenvalue weighted by Gasteiger charge is 2.45. The van der Waals surface area contributed by atoms with Crippen LogP contribution in [0.25, 0.3) is 22.3 Å². The molecular formula is C34H40N4O7. The van der Waals surface area contributed by atoms with Crippen LogP contribution in [0.5, 0.6) is 11.5 Å². The van der Waals surface area contributed by atoms with Crippen LogP contribution in [-0.2, 0) is 34.7 Å². The fourth-order valence-electron chi connectivity index (χ4n) is 7.74. The van der Waals surface area contributed by atoms with Gasteiger partial charge in [0.2, 0.25) is 0 Å². The van der Waals surface area contributed by atoms with E-state index in [2.05, 4.69) is 4.90 Å². The van der Waals surface area contributed by atoms with Crippen molar-refractivity contribution in [2.75, 3.05) is 33.3 Å². The second-order valence-corrected chi connectivity index (χ2v) is 12.5. The number of carbonyl (C=O) groups is 2. The van der Waals surface area contributed by atoms with Crippen LogP contribution in [0.15, 0.2) is 23.0 Å². The van der Waals surface area contributed by atoms with Gasteiger partial charge in [0.15, 0.2) is 17.1 Å². The average Bonchev–Trinajstić information content (AvgIpc) is 3.44. The van der Waals surface area contributed by atoms with Crippen LogP contribution in [0.1, 0.15) is 74.6 Å². The van der Waals surface area contributed by atoms with Gasteiger partial charge in [-0.05, 0) is 75.4 Å². The van der Waals surface area contributed by atoms with Gasteiger partial charge in [-0.3, -0.25) is 4.79 Å². The van der Waals surface area contributed by atoms with E-state index in [1.54, 1.807) is 41.7 Å². The van der Waals surface area contributed by atoms with Crippen LogP contribution in [0, 0.1) is 0 Å². The lowest BCUT2D eigenvalue weighted by molar-refractivity contribution is -0.172. The van der Waals surface area contributed by atoms with Crippen molar-refractivity contribution < 1.29 is 28.9 Å². The van der Waals surface area contributed by atoms with Gasteiger partial charge in [-0.1, -0.05) is 20.3 Å². The van der Waals surface area contributed by atoms with Crippen molar-refractivity contribution in [3.8, 4) is 22.9 Å². The summed E-state index contributed by atoms with van der Waals surface area (Å²) in [5, 5.41) is 11.9. The largest absolute Gasteiger partial charge is 0.492 e. The summed E-state index contributed by atoms with van der Waals surface area (Å²) in [5.41, 5.74) is 1.97. The Labute approximate surface area is 261 Å². The zero-order valence-electron chi connectivity index (χ0n) is 26.2. The van der Waals surface area contributed by atoms with E-state index in [4.69, 9.17) is 19.2 Å². The maximum absolute atomic E-state index is 13.7. The molecule has 1 amide bonds. The van der Waals surface area contributed by atoms with Crippen molar-refractivity contribution in [1.29, 1.82) is 0 Å². The lowest BCUT2D eigenvalue weighted by Crippen LogP contribution is -2.48. The number of esters is 1. The molecule has 1 aromatic carbocycles. The lowest BCUT2D eigenvalue weighted by Gasteiger charge is -2.39. The number of carbonyl (C=O) groups excluding carboxylic acids is 2. The van der Waals surface area contributed by atoms with E-state index in [1.807, 2.05) is 6.92 Å². The first-order chi connectivity index (χ1) is 21.8. The molecule has 0 saturated carbocycles. The van der Waals surface area contributed by atoms with Gasteiger partial charge in [-0.25, -0.2) is 14.6 Å². The number of aryl methyl sites for hydroxylation is 1. The molecule has 4 aliphatic rings. The van der Waals surface area contributed by atoms with Crippen molar-refractivity contribution in [2.24, 2.45) is 0 Å². The van der Waals surface area contributed by atoms with Crippen molar-refractivity contribution in [2.45, 2.75) is 83.6 Å². The smallest absolute Gasteiger partial charge is 0.415 e. The number of benzene rings is 1. The number of methoxy groups -OCH3 is 1. The number of rotatable bonds is 5. The molecule has 11 heteroatoms. The molecule has 2 fully saturated rings. The Kier molecular flexibility index (Phi) is 7.56. The third-order valence-corrected chi connectivity index (χ3v) is 10.3. The Morgan fingerprint density at radius 3 is 2.53 bits per heavy atom. The Bertz CT molecular complexity index is 1750. The zero-order chi connectivity index (χ0) is 31.5. The molecule has 6 heterocycles. The Morgan fingerprint density at radius 2 is 1.84 bits per heavy atom. The summed E-state index contributed by atoms with van der Waals surface area (Å²) in [6.07, 6.45) is 6.01. The molecule has 45 heavy (non-hydrogen) atoms. The number of piperidine rings is 2. The molecule has 0 aliphatic carbocycles. The number of likely N-dealkylation sites (tertiary alicyclic amines) is 2. The number of aromatic nitrogens is 2. The van der Waals surface area contributed by atoms with E-state index in [1.165, 1.54) is 19.3 Å². The zero-order valence-corrected chi connectivity index (χ0v) is 26.2. The topological polar surface area (TPSA) is 123 Å². The van der Waals surface area contributed by atoms with Gasteiger partial charge in [-0.15, -0.1) is 0 Å². The van der Waals surface area contributed by atoms with Gasteiger partial charge < -0.3 is 33.7 Å². The third kappa shape index (κ3) is 4.70. The third-order valence-electron chi connectivity index (χ3n) is 10.3. The normalized spacial score (nSPS) is 21.7. The van der Waals surface area contributed by atoms with Crippen LogP contribution < -0.4 is 15.0 Å². The Balaban J connectivity index is 1.22. The SMILES string of the molecule is CCc1c2c(nc3ccc(OC(=O)N4CCC(N5CCCCC5)CC4)c(OC)c13)-c1cc3c(c(=O)n1C2)COC(=O)[C@]3(O)CC. The molecule has 2 saturated heterocycles. The summed E-state index contributed by atoms with van der Waals surface area (Å²) in [4.78, 5) is 48.9. The second kappa shape index (κ2) is 11.4. The van der Waals surface area contributed by atoms with E-state index in [9.17, 15) is 19.5 Å². The van der Waals surface area contributed by atoms with Gasteiger partial charge in [0.05, 0.1) is 36.1 Å². The fourth-order valence-corrected chi connectivity index (χ4v) is 7.74. The number of hydrogen-bond donors (Lipinski definition) is 1. The maximum Gasteiger partial charge on any atom is 0.415 e. The van der Waals surface area contributed by atoms with E-state index in [-0.39, 0.29) is 42.4 Å². The molecule has 1 N–H and O–H groups in total. The maximum atomic E-state index is 13.7. The van der Waals surface area contributed by atoms with Crippen molar-refractivity contribution in [3.05, 3.63) is 50.8 Å². The summed E-state index contributed by atoms with van der Waals surface area (Å²) in [6.45, 7) is 7.43. The van der Waals surface area contributed by atoms with Crippen LogP contribution in [-0.4, -0.2) is 75.9 Å². The summed E-state index contributed by atoms with van der Waals surface area (Å²) in [6, 6.07) is 5.75. The van der Waals surface area contributed by atoms with Crippen LogP contribution in [0.2, 0.25) is 0 Å². The van der Waals surface area contributed by atoms with Gasteiger partial charge >= 0.3 is 12.1 Å². The van der Waals surface area contributed by atoms with E-state index >= 15 is 0 Å². The van der Waals surface area contributed by atoms with Crippen LogP contribution in [0.4, 0.5) is 4.79 Å². The molecule has 0 unspecified atom stereocenters. The van der Waals surface area contributed by atoms with Crippen molar-refractivity contribution in [1.82, 2.24) is 19.4 Å². The molecule has 1 atom stereocenters. The summed E-state index contributed by atoms with van der Waals surface area (Å²) < 4.78 is 18.7. The molecule has 4 aliphatic heterocycles. The average molecular weight is 617 g/mol. The van der Waals surface area contributed by atoms with Gasteiger partial charge in [-0.2, -0.15) is 0 Å². The highest BCUT2D eigenvalue weighted by atomic mass is 16.6. The molecule has 0 spiro atoms. The highest BCUT2D eigenvalue weighted by molar-refractivity contribution is 5.95. The molecule has 3 aromatic rings. The number of nitrogens with zero attached hydrogens (tertiary/aromatic N) is 4. The molecule has 7 rings (SSSR count). The number of hydrogen-bond acceptors (Lipinski definition) is 9. The lowest BCUT2D eigenvalue weighted by atomic mass is 9.86. The minimum Gasteiger partial charge on any atom is -0.492 e. The Morgan fingerprint density at radius 1 is 1.09 bits per heavy atom. The number of amides is 1. The number of cyclic esters (lactones) is 1. The molecular weight excluding hydrogens is 576 g/mol. The van der Waals surface area contributed by atoms with E-state index < -0.39 is 11.6 Å². The van der Waals surface area contributed by atoms with Crippen LogP contribution >= 0.6 is 0 Å². The molecule has 11 nitrogen and oxygen atoms in total. The number of aliphatic hydroxyl groups is 1. The van der Waals surface area contributed by atoms with Gasteiger partial charge in [0, 0.05) is 35.6 Å². The minimum absolute atomic E-state index is 0.0785. The predicted octanol–water partition coefficient (Wildman–Crippen LogP) is 4.10. The molecule has 0 radical (unpaired) electrons. The molecule has 0 bridgehead atoms. The quantitative estimate of drug-likeness (QED) is 0.330. The number of ether oxygens (including phenoxy) is 3. The molecule has 2 aromatic heterocycles. The molecule has 238 valence electrons. The summed E-state index contributed by atoms with van der Waals surface area (Å²) >= 11 is 0. The standard InChI is InChI=1S/C34H40N4O7/c1-4-21-22-18-38-26(17-24-23(31(38)39)19-44-32(40)34(24,42)5-2)29(22)35-25-9-10-27(30(43-3)28(21)25)45-33(41)37-15-11-20(12-16-37)36-13-7-6-8-14-36/h9-10,17,20,42H,4-8,11-16,18-19H2,1-3H3/t34-/m0/s1. The Hall–Kier alpha value is -3.96. The number of pyridine rings is 2. The van der Waals surface area contributed by atoms with E-state index in [0.717, 1.165) is 42.4 Å². The first kappa shape index (κ1) is 29.7. The number of fused-ring (bicyclic) bond motifs is 5. The predicted molar refractivity (Wildman–Crippen MR) is 166 cm³/mol. The van der Waals surface area contributed by atoms with Gasteiger partial charge in [0.25, 0.3) is 5.56 Å². The first-order valence-electron chi connectivity index (χ1n) is 16.2. The van der Waals surface area contributed by atoms with Crippen molar-refractivity contribution in [3.63, 3.8) is 0 Å². The fraction of sp³-hybridized carbons (Fsp3) is 0.529. The summed E-state index contributed by atoms with van der Waals surface area (Å²) in [7, 11) is 1.55. The first-order valence-corrected chi connectivity index (χ1v) is 16.2. The minimum atomic E-state index is -1.89. The monoisotopic (exact) mass is 616 g/mol. The highest BCUT2D eigenvalue weighted by Crippen LogP contribution is 2.44. The van der Waals surface area contributed by atoms with Gasteiger partial charge in [0.1, 0.15) is 6.61 Å². The summed E-state index contributed by atoms with van der Waals surface area (Å²) in [5.74, 6) is 0.00791. The van der Waals surface area contributed by atoms with Crippen molar-refractivity contribution >= 4 is 23.0 Å². The van der Waals surface area contributed by atoms with E-state index in [0.29, 0.717) is 54.0 Å². The second-order valence-electron chi connectivity index (χ2n) is 12.5. The van der Waals surface area contributed by atoms with Crippen LogP contribution in [0.3, 0.4) is 0 Å².